The lowest BCUT2D eigenvalue weighted by Crippen LogP contribution is -2.19. The second-order valence-electron chi connectivity index (χ2n) is 4.48. The Kier molecular flexibility index (Phi) is 2.40. The highest BCUT2D eigenvalue weighted by molar-refractivity contribution is 5.49. The molecule has 1 unspecified atom stereocenters. The van der Waals surface area contributed by atoms with E-state index in [2.05, 4.69) is 15.0 Å². The van der Waals surface area contributed by atoms with E-state index in [4.69, 9.17) is 5.73 Å². The highest BCUT2D eigenvalue weighted by Gasteiger charge is 2.19. The first-order chi connectivity index (χ1) is 8.25. The van der Waals surface area contributed by atoms with Gasteiger partial charge in [0.1, 0.15) is 5.69 Å². The summed E-state index contributed by atoms with van der Waals surface area (Å²) in [5.41, 5.74) is 9.18. The molecule has 5 nitrogen and oxygen atoms in total. The molecule has 2 aromatic heterocycles. The minimum Gasteiger partial charge on any atom is -0.331 e. The van der Waals surface area contributed by atoms with Gasteiger partial charge in [0, 0.05) is 30.5 Å². The van der Waals surface area contributed by atoms with Crippen LogP contribution >= 0.6 is 0 Å². The fraction of sp³-hybridized carbons (Fsp3) is 0.417. The first-order valence-electron chi connectivity index (χ1n) is 5.84. The summed E-state index contributed by atoms with van der Waals surface area (Å²) in [4.78, 5) is 13.1. The first kappa shape index (κ1) is 10.4. The van der Waals surface area contributed by atoms with Crippen LogP contribution in [0, 0.1) is 0 Å². The van der Waals surface area contributed by atoms with E-state index in [1.807, 2.05) is 17.8 Å². The molecule has 0 bridgehead atoms. The van der Waals surface area contributed by atoms with Crippen LogP contribution in [0.25, 0.3) is 11.5 Å². The van der Waals surface area contributed by atoms with Crippen LogP contribution in [0.15, 0.2) is 18.7 Å². The molecule has 0 saturated heterocycles. The topological polar surface area (TPSA) is 69.6 Å². The van der Waals surface area contributed by atoms with Crippen LogP contribution < -0.4 is 5.73 Å². The summed E-state index contributed by atoms with van der Waals surface area (Å²) in [6.07, 6.45) is 8.54. The third-order valence-corrected chi connectivity index (χ3v) is 3.27. The number of rotatable bonds is 1. The minimum absolute atomic E-state index is 0.0966. The van der Waals surface area contributed by atoms with E-state index in [0.29, 0.717) is 0 Å². The van der Waals surface area contributed by atoms with Crippen LogP contribution in [0.2, 0.25) is 0 Å². The predicted molar refractivity (Wildman–Crippen MR) is 64.1 cm³/mol. The molecule has 0 radical (unpaired) electrons. The maximum atomic E-state index is 6.05. The summed E-state index contributed by atoms with van der Waals surface area (Å²) < 4.78 is 1.92. The Morgan fingerprint density at radius 2 is 2.29 bits per heavy atom. The Labute approximate surface area is 99.7 Å². The average Bonchev–Trinajstić information content (AvgIpc) is 2.75. The monoisotopic (exact) mass is 229 g/mol. The van der Waals surface area contributed by atoms with Crippen molar-refractivity contribution in [3.8, 4) is 11.5 Å². The molecule has 2 N–H and O–H groups in total. The van der Waals surface area contributed by atoms with Crippen LogP contribution in [-0.4, -0.2) is 19.5 Å². The third-order valence-electron chi connectivity index (χ3n) is 3.27. The highest BCUT2D eigenvalue weighted by Crippen LogP contribution is 2.27. The maximum absolute atomic E-state index is 6.05. The second kappa shape index (κ2) is 3.92. The molecule has 0 saturated carbocycles. The molecule has 0 amide bonds. The molecule has 5 heteroatoms. The van der Waals surface area contributed by atoms with Crippen LogP contribution in [0.5, 0.6) is 0 Å². The molecular formula is C12H15N5. The zero-order chi connectivity index (χ0) is 11.8. The molecule has 0 aliphatic heterocycles. The van der Waals surface area contributed by atoms with Gasteiger partial charge in [-0.05, 0) is 19.3 Å². The van der Waals surface area contributed by atoms with Crippen molar-refractivity contribution in [2.24, 2.45) is 12.8 Å². The Bertz CT molecular complexity index is 546. The number of nitrogens with two attached hydrogens (primary N) is 1. The van der Waals surface area contributed by atoms with Gasteiger partial charge in [-0.2, -0.15) is 0 Å². The number of imidazole rings is 1. The van der Waals surface area contributed by atoms with Crippen molar-refractivity contribution in [1.82, 2.24) is 19.5 Å². The van der Waals surface area contributed by atoms with E-state index >= 15 is 0 Å². The van der Waals surface area contributed by atoms with Gasteiger partial charge in [-0.25, -0.2) is 15.0 Å². The number of hydrogen-bond donors (Lipinski definition) is 1. The average molecular weight is 229 g/mol. The lowest BCUT2D eigenvalue weighted by molar-refractivity contribution is 0.557. The number of nitrogens with zero attached hydrogens (tertiary/aromatic N) is 4. The second-order valence-corrected chi connectivity index (χ2v) is 4.48. The maximum Gasteiger partial charge on any atom is 0.178 e. The minimum atomic E-state index is 0.0966. The Morgan fingerprint density at radius 1 is 1.41 bits per heavy atom. The fourth-order valence-electron chi connectivity index (χ4n) is 2.28. The van der Waals surface area contributed by atoms with Crippen molar-refractivity contribution in [3.63, 3.8) is 0 Å². The van der Waals surface area contributed by atoms with Crippen molar-refractivity contribution in [1.29, 1.82) is 0 Å². The molecule has 2 aromatic rings. The first-order valence-corrected chi connectivity index (χ1v) is 5.84. The van der Waals surface area contributed by atoms with Gasteiger partial charge in [0.2, 0.25) is 0 Å². The van der Waals surface area contributed by atoms with Crippen LogP contribution in [0.4, 0.5) is 0 Å². The van der Waals surface area contributed by atoms with E-state index in [0.717, 1.165) is 42.0 Å². The zero-order valence-electron chi connectivity index (χ0n) is 9.80. The number of aromatic nitrogens is 4. The lowest BCUT2D eigenvalue weighted by Gasteiger charge is -2.20. The molecule has 0 spiro atoms. The quantitative estimate of drug-likeness (QED) is 0.798. The Balaban J connectivity index is 2.07. The smallest absolute Gasteiger partial charge is 0.178 e. The predicted octanol–water partition coefficient (Wildman–Crippen LogP) is 1.21. The molecule has 0 fully saturated rings. The van der Waals surface area contributed by atoms with Gasteiger partial charge in [-0.3, -0.25) is 0 Å². The largest absolute Gasteiger partial charge is 0.331 e. The highest BCUT2D eigenvalue weighted by atomic mass is 15.1. The van der Waals surface area contributed by atoms with Gasteiger partial charge in [-0.15, -0.1) is 0 Å². The summed E-state index contributed by atoms with van der Waals surface area (Å²) in [5.74, 6) is 0.734. The van der Waals surface area contributed by atoms with Gasteiger partial charge in [0.05, 0.1) is 12.5 Å². The molecule has 1 aliphatic carbocycles. The number of fused-ring (bicyclic) bond motifs is 1. The van der Waals surface area contributed by atoms with E-state index in [1.54, 1.807) is 12.5 Å². The summed E-state index contributed by atoms with van der Waals surface area (Å²) in [7, 11) is 1.94. The molecule has 3 rings (SSSR count). The molecule has 88 valence electrons. The van der Waals surface area contributed by atoms with E-state index in [9.17, 15) is 0 Å². The van der Waals surface area contributed by atoms with Crippen LogP contribution in [-0.2, 0) is 13.5 Å². The molecule has 2 heterocycles. The van der Waals surface area contributed by atoms with E-state index in [1.165, 1.54) is 0 Å². The van der Waals surface area contributed by atoms with Crippen molar-refractivity contribution in [2.45, 2.75) is 25.3 Å². The fourth-order valence-corrected chi connectivity index (χ4v) is 2.28. The lowest BCUT2D eigenvalue weighted by atomic mass is 9.93. The van der Waals surface area contributed by atoms with Crippen molar-refractivity contribution >= 4 is 0 Å². The summed E-state index contributed by atoms with van der Waals surface area (Å²) >= 11 is 0. The van der Waals surface area contributed by atoms with Crippen molar-refractivity contribution in [2.75, 3.05) is 0 Å². The van der Waals surface area contributed by atoms with Crippen LogP contribution in [0.3, 0.4) is 0 Å². The van der Waals surface area contributed by atoms with Crippen LogP contribution in [0.1, 0.15) is 30.1 Å². The molecule has 17 heavy (non-hydrogen) atoms. The molecule has 1 aliphatic rings. The standard InChI is InChI=1S/C12H15N5/c1-17-7-14-6-11(17)12-15-5-8-9(13)3-2-4-10(8)16-12/h5-7,9H,2-4,13H2,1H3. The summed E-state index contributed by atoms with van der Waals surface area (Å²) in [6, 6.07) is 0.0966. The normalized spacial score (nSPS) is 19.1. The van der Waals surface area contributed by atoms with Gasteiger partial charge < -0.3 is 10.3 Å². The number of hydrogen-bond acceptors (Lipinski definition) is 4. The van der Waals surface area contributed by atoms with Gasteiger partial charge in [0.25, 0.3) is 0 Å². The Morgan fingerprint density at radius 3 is 3.06 bits per heavy atom. The Hall–Kier alpha value is -1.75. The van der Waals surface area contributed by atoms with Gasteiger partial charge in [0.15, 0.2) is 5.82 Å². The summed E-state index contributed by atoms with van der Waals surface area (Å²) in [6.45, 7) is 0. The van der Waals surface area contributed by atoms with E-state index in [-0.39, 0.29) is 6.04 Å². The van der Waals surface area contributed by atoms with Gasteiger partial charge >= 0.3 is 0 Å². The SMILES string of the molecule is Cn1cncc1-c1ncc2c(n1)CCCC2N. The zero-order valence-corrected chi connectivity index (χ0v) is 9.80. The summed E-state index contributed by atoms with van der Waals surface area (Å²) in [5, 5.41) is 0. The van der Waals surface area contributed by atoms with Gasteiger partial charge in [-0.1, -0.05) is 0 Å². The van der Waals surface area contributed by atoms with E-state index < -0.39 is 0 Å². The van der Waals surface area contributed by atoms with Crippen molar-refractivity contribution < 1.29 is 0 Å². The molecule has 0 aromatic carbocycles. The molecule has 1 atom stereocenters. The number of aryl methyl sites for hydroxylation is 2. The molecular weight excluding hydrogens is 214 g/mol. The third kappa shape index (κ3) is 1.72. The van der Waals surface area contributed by atoms with Crippen molar-refractivity contribution in [3.05, 3.63) is 30.0 Å².